The van der Waals surface area contributed by atoms with Crippen LogP contribution >= 0.6 is 51.2 Å². The number of anilines is 1. The zero-order chi connectivity index (χ0) is 22.4. The van der Waals surface area contributed by atoms with E-state index in [0.29, 0.717) is 16.9 Å². The first kappa shape index (κ1) is 20.6. The molecule has 1 N–H and O–H groups in total. The molecule has 3 heterocycles. The van der Waals surface area contributed by atoms with E-state index >= 15 is 0 Å². The highest BCUT2D eigenvalue weighted by Crippen LogP contribution is 2.69. The molecular weight excluding hydrogens is 536 g/mol. The van der Waals surface area contributed by atoms with Gasteiger partial charge in [-0.25, -0.2) is 0 Å². The van der Waals surface area contributed by atoms with Gasteiger partial charge in [-0.1, -0.05) is 46.3 Å². The number of carbonyl (C=O) groups is 2. The lowest BCUT2D eigenvalue weighted by molar-refractivity contribution is -0.123. The molecule has 7 unspecified atom stereocenters. The molecular formula is C25H19BrN2O2S3. The number of imide groups is 1. The Hall–Kier alpha value is -1.74. The predicted molar refractivity (Wildman–Crippen MR) is 136 cm³/mol. The lowest BCUT2D eigenvalue weighted by Crippen LogP contribution is -2.42. The molecule has 166 valence electrons. The van der Waals surface area contributed by atoms with Gasteiger partial charge in [0.1, 0.15) is 0 Å². The lowest BCUT2D eigenvalue weighted by atomic mass is 9.68. The van der Waals surface area contributed by atoms with Gasteiger partial charge in [-0.05, 0) is 66.2 Å². The van der Waals surface area contributed by atoms with Gasteiger partial charge in [0.2, 0.25) is 11.8 Å². The van der Waals surface area contributed by atoms with Crippen LogP contribution in [-0.4, -0.2) is 22.0 Å². The molecule has 3 aromatic rings. The van der Waals surface area contributed by atoms with Crippen molar-refractivity contribution in [2.24, 2.45) is 29.6 Å². The van der Waals surface area contributed by atoms with Crippen molar-refractivity contribution in [3.63, 3.8) is 0 Å². The van der Waals surface area contributed by atoms with E-state index in [2.05, 4.69) is 39.1 Å². The van der Waals surface area contributed by atoms with Crippen molar-refractivity contribution in [2.45, 2.75) is 22.6 Å². The summed E-state index contributed by atoms with van der Waals surface area (Å²) >= 11 is 12.7. The molecule has 4 aliphatic rings. The maximum atomic E-state index is 13.7. The number of rotatable bonds is 2. The van der Waals surface area contributed by atoms with E-state index in [1.54, 1.807) is 11.3 Å². The fraction of sp³-hybridized carbons (Fsp3) is 0.320. The van der Waals surface area contributed by atoms with Crippen molar-refractivity contribution in [1.82, 2.24) is 4.98 Å². The van der Waals surface area contributed by atoms with E-state index in [-0.39, 0.29) is 41.4 Å². The number of aromatic amines is 1. The molecule has 8 heteroatoms. The first-order valence-corrected chi connectivity index (χ1v) is 14.0. The molecule has 3 fully saturated rings. The number of H-pyrrole nitrogens is 1. The Labute approximate surface area is 212 Å². The maximum Gasteiger partial charge on any atom is 0.238 e. The highest BCUT2D eigenvalue weighted by molar-refractivity contribution is 9.10. The molecule has 2 aromatic carbocycles. The Balaban J connectivity index is 1.35. The molecule has 2 aliphatic carbocycles. The molecule has 2 amide bonds. The normalized spacial score (nSPS) is 33.8. The first-order valence-electron chi connectivity index (χ1n) is 11.1. The second-order valence-electron chi connectivity index (χ2n) is 9.36. The van der Waals surface area contributed by atoms with Gasteiger partial charge >= 0.3 is 0 Å². The van der Waals surface area contributed by atoms with Gasteiger partial charge in [-0.3, -0.25) is 14.5 Å². The fourth-order valence-corrected chi connectivity index (χ4v) is 10.7. The van der Waals surface area contributed by atoms with E-state index in [4.69, 9.17) is 12.2 Å². The number of thioether (sulfide) groups is 1. The molecule has 4 nitrogen and oxygen atoms in total. The van der Waals surface area contributed by atoms with Crippen LogP contribution in [0.2, 0.25) is 0 Å². The van der Waals surface area contributed by atoms with Gasteiger partial charge in [0.25, 0.3) is 0 Å². The van der Waals surface area contributed by atoms with E-state index in [1.165, 1.54) is 15.3 Å². The van der Waals surface area contributed by atoms with Crippen LogP contribution in [-0.2, 0) is 9.59 Å². The number of amides is 2. The SMILES string of the molecule is O=C1C2C3CC(C2C(=O)N1c1ccccc1)C1C(c2cccc(Br)c2)c2sc(=S)[nH]c2SC31. The van der Waals surface area contributed by atoms with Gasteiger partial charge in [0.15, 0.2) is 3.95 Å². The van der Waals surface area contributed by atoms with Gasteiger partial charge in [0.05, 0.1) is 22.5 Å². The van der Waals surface area contributed by atoms with Crippen molar-refractivity contribution in [2.75, 3.05) is 4.90 Å². The molecule has 2 aliphatic heterocycles. The molecule has 0 spiro atoms. The number of carbonyl (C=O) groups excluding carboxylic acids is 2. The summed E-state index contributed by atoms with van der Waals surface area (Å²) in [7, 11) is 0. The summed E-state index contributed by atoms with van der Waals surface area (Å²) in [5.74, 6) is 0.484. The molecule has 2 bridgehead atoms. The number of fused-ring (bicyclic) bond motifs is 9. The lowest BCUT2D eigenvalue weighted by Gasteiger charge is -2.43. The van der Waals surface area contributed by atoms with Crippen LogP contribution in [0.5, 0.6) is 0 Å². The van der Waals surface area contributed by atoms with Crippen LogP contribution < -0.4 is 4.90 Å². The molecule has 7 atom stereocenters. The van der Waals surface area contributed by atoms with Crippen LogP contribution in [0.25, 0.3) is 0 Å². The highest BCUT2D eigenvalue weighted by atomic mass is 79.9. The van der Waals surface area contributed by atoms with E-state index in [0.717, 1.165) is 19.9 Å². The number of aromatic nitrogens is 1. The van der Waals surface area contributed by atoms with Crippen LogP contribution in [0.4, 0.5) is 5.69 Å². The van der Waals surface area contributed by atoms with Crippen molar-refractivity contribution < 1.29 is 9.59 Å². The van der Waals surface area contributed by atoms with Gasteiger partial charge in [0, 0.05) is 20.5 Å². The summed E-state index contributed by atoms with van der Waals surface area (Å²) in [6.45, 7) is 0. The van der Waals surface area contributed by atoms with Crippen LogP contribution in [0.3, 0.4) is 0 Å². The highest BCUT2D eigenvalue weighted by Gasteiger charge is 2.69. The number of hydrogen-bond donors (Lipinski definition) is 1. The molecule has 1 saturated heterocycles. The number of para-hydroxylation sites is 1. The summed E-state index contributed by atoms with van der Waals surface area (Å²) in [6.07, 6.45) is 0.956. The number of halogens is 1. The molecule has 0 radical (unpaired) electrons. The average molecular weight is 556 g/mol. The minimum atomic E-state index is -0.215. The van der Waals surface area contributed by atoms with Crippen molar-refractivity contribution in [3.8, 4) is 0 Å². The van der Waals surface area contributed by atoms with Gasteiger partial charge in [-0.15, -0.1) is 23.1 Å². The van der Waals surface area contributed by atoms with Crippen molar-refractivity contribution >= 4 is 68.7 Å². The number of thiazole rings is 1. The quantitative estimate of drug-likeness (QED) is 0.300. The topological polar surface area (TPSA) is 53.2 Å². The summed E-state index contributed by atoms with van der Waals surface area (Å²) in [4.78, 5) is 33.4. The summed E-state index contributed by atoms with van der Waals surface area (Å²) < 4.78 is 1.85. The number of benzene rings is 2. The van der Waals surface area contributed by atoms with E-state index < -0.39 is 0 Å². The van der Waals surface area contributed by atoms with Gasteiger partial charge in [-0.2, -0.15) is 0 Å². The monoisotopic (exact) mass is 554 g/mol. The fourth-order valence-electron chi connectivity index (χ4n) is 6.92. The van der Waals surface area contributed by atoms with Crippen molar-refractivity contribution in [1.29, 1.82) is 0 Å². The number of nitrogens with zero attached hydrogens (tertiary/aromatic N) is 1. The third-order valence-corrected chi connectivity index (χ3v) is 11.4. The molecule has 2 saturated carbocycles. The zero-order valence-corrected chi connectivity index (χ0v) is 21.3. The Morgan fingerprint density at radius 2 is 1.76 bits per heavy atom. The first-order chi connectivity index (χ1) is 16.0. The number of nitrogens with one attached hydrogen (secondary N) is 1. The molecule has 7 rings (SSSR count). The average Bonchev–Trinajstić information content (AvgIpc) is 3.53. The third-order valence-electron chi connectivity index (χ3n) is 7.95. The number of hydrogen-bond acceptors (Lipinski definition) is 5. The smallest absolute Gasteiger partial charge is 0.238 e. The summed E-state index contributed by atoms with van der Waals surface area (Å²) in [5.41, 5.74) is 1.95. The predicted octanol–water partition coefficient (Wildman–Crippen LogP) is 6.25. The standard InChI is InChI=1S/C25H19BrN2O2S3/c26-12-6-4-5-11(9-12)16-17-14-10-15(20(17)32-22-21(16)33-25(31)27-22)19-18(14)23(29)28(24(19)30)13-7-2-1-3-8-13/h1-9,14-20H,10H2,(H,27,31). The second-order valence-corrected chi connectivity index (χ2v) is 13.2. The van der Waals surface area contributed by atoms with Crippen LogP contribution in [0.1, 0.15) is 22.8 Å². The van der Waals surface area contributed by atoms with E-state index in [1.807, 2.05) is 48.2 Å². The van der Waals surface area contributed by atoms with Crippen LogP contribution in [0.15, 0.2) is 64.1 Å². The largest absolute Gasteiger partial charge is 0.332 e. The van der Waals surface area contributed by atoms with Gasteiger partial charge < -0.3 is 4.98 Å². The second kappa shape index (κ2) is 7.38. The minimum Gasteiger partial charge on any atom is -0.332 e. The third kappa shape index (κ3) is 2.84. The maximum absolute atomic E-state index is 13.7. The Morgan fingerprint density at radius 1 is 1.00 bits per heavy atom. The zero-order valence-electron chi connectivity index (χ0n) is 17.3. The summed E-state index contributed by atoms with van der Waals surface area (Å²) in [5, 5.41) is 1.46. The summed E-state index contributed by atoms with van der Waals surface area (Å²) in [6, 6.07) is 17.9. The Morgan fingerprint density at radius 3 is 2.52 bits per heavy atom. The van der Waals surface area contributed by atoms with Crippen molar-refractivity contribution in [3.05, 3.63) is 73.5 Å². The van der Waals surface area contributed by atoms with E-state index in [9.17, 15) is 9.59 Å². The minimum absolute atomic E-state index is 0.00682. The Bertz CT molecular complexity index is 1370. The molecule has 33 heavy (non-hydrogen) atoms. The van der Waals surface area contributed by atoms with Crippen LogP contribution in [0, 0.1) is 33.5 Å². The Kier molecular flexibility index (Phi) is 4.61. The molecule has 1 aromatic heterocycles.